The second kappa shape index (κ2) is 9.87. The van der Waals surface area contributed by atoms with Gasteiger partial charge in [-0.25, -0.2) is 8.42 Å². The Labute approximate surface area is 189 Å². The number of carbonyl (C=O) groups is 1. The van der Waals surface area contributed by atoms with Gasteiger partial charge < -0.3 is 10.1 Å². The lowest BCUT2D eigenvalue weighted by Gasteiger charge is -2.25. The van der Waals surface area contributed by atoms with E-state index in [1.165, 1.54) is 19.2 Å². The van der Waals surface area contributed by atoms with E-state index in [0.717, 1.165) is 21.0 Å². The monoisotopic (exact) mass is 452 g/mol. The number of rotatable bonds is 8. The van der Waals surface area contributed by atoms with Crippen molar-refractivity contribution in [1.29, 1.82) is 0 Å². The quantitative estimate of drug-likeness (QED) is 0.550. The average Bonchev–Trinajstić information content (AvgIpc) is 2.77. The molecule has 0 aromatic heterocycles. The summed E-state index contributed by atoms with van der Waals surface area (Å²) in [6, 6.07) is 20.5. The van der Waals surface area contributed by atoms with Crippen molar-refractivity contribution in [3.05, 3.63) is 89.5 Å². The number of hydrogen-bond donors (Lipinski definition) is 1. The lowest BCUT2D eigenvalue weighted by molar-refractivity contribution is -0.120. The van der Waals surface area contributed by atoms with Crippen molar-refractivity contribution in [2.75, 3.05) is 18.0 Å². The van der Waals surface area contributed by atoms with Gasteiger partial charge in [-0.1, -0.05) is 42.0 Å². The molecule has 0 aliphatic heterocycles. The lowest BCUT2D eigenvalue weighted by Crippen LogP contribution is -2.41. The van der Waals surface area contributed by atoms with E-state index in [0.29, 0.717) is 11.4 Å². The molecule has 3 rings (SSSR count). The van der Waals surface area contributed by atoms with Crippen LogP contribution in [-0.4, -0.2) is 28.0 Å². The third-order valence-electron chi connectivity index (χ3n) is 5.25. The maximum absolute atomic E-state index is 13.4. The Kier molecular flexibility index (Phi) is 7.20. The summed E-state index contributed by atoms with van der Waals surface area (Å²) in [4.78, 5) is 13.0. The highest BCUT2D eigenvalue weighted by Crippen LogP contribution is 2.25. The third kappa shape index (κ3) is 5.29. The van der Waals surface area contributed by atoms with Gasteiger partial charge in [-0.3, -0.25) is 9.10 Å². The molecule has 168 valence electrons. The summed E-state index contributed by atoms with van der Waals surface area (Å²) < 4.78 is 33.1. The first-order chi connectivity index (χ1) is 15.2. The van der Waals surface area contributed by atoms with E-state index in [1.807, 2.05) is 32.9 Å². The molecule has 3 aromatic rings. The minimum atomic E-state index is -3.97. The van der Waals surface area contributed by atoms with Gasteiger partial charge in [-0.05, 0) is 68.3 Å². The van der Waals surface area contributed by atoms with Crippen LogP contribution in [-0.2, 0) is 14.8 Å². The normalized spacial score (nSPS) is 12.1. The summed E-state index contributed by atoms with van der Waals surface area (Å²) in [7, 11) is -2.46. The number of nitrogens with one attached hydrogen (secondary N) is 1. The highest BCUT2D eigenvalue weighted by atomic mass is 32.2. The number of sulfonamides is 1. The molecule has 1 atom stereocenters. The Bertz CT molecular complexity index is 1180. The molecule has 0 fully saturated rings. The summed E-state index contributed by atoms with van der Waals surface area (Å²) in [6.45, 7) is 5.56. The predicted octanol–water partition coefficient (Wildman–Crippen LogP) is 4.38. The molecule has 0 aliphatic rings. The highest BCUT2D eigenvalue weighted by molar-refractivity contribution is 7.92. The van der Waals surface area contributed by atoms with Crippen LogP contribution < -0.4 is 14.4 Å². The number of para-hydroxylation sites is 1. The molecule has 0 heterocycles. The van der Waals surface area contributed by atoms with Crippen molar-refractivity contribution in [1.82, 2.24) is 5.32 Å². The molecule has 0 aliphatic carbocycles. The Hall–Kier alpha value is -3.32. The molecule has 0 bridgehead atoms. The average molecular weight is 453 g/mol. The molecule has 32 heavy (non-hydrogen) atoms. The molecule has 0 saturated carbocycles. The molecule has 1 N–H and O–H groups in total. The minimum absolute atomic E-state index is 0.0809. The second-order valence-corrected chi connectivity index (χ2v) is 9.53. The van der Waals surface area contributed by atoms with Gasteiger partial charge in [0.15, 0.2) is 0 Å². The number of amides is 1. The summed E-state index contributed by atoms with van der Waals surface area (Å²) in [6.07, 6.45) is 0. The van der Waals surface area contributed by atoms with Crippen molar-refractivity contribution in [3.63, 3.8) is 0 Å². The van der Waals surface area contributed by atoms with Crippen LogP contribution in [0.1, 0.15) is 29.7 Å². The number of aryl methyl sites for hydroxylation is 2. The maximum Gasteiger partial charge on any atom is 0.264 e. The lowest BCUT2D eigenvalue weighted by atomic mass is 10.0. The smallest absolute Gasteiger partial charge is 0.264 e. The van der Waals surface area contributed by atoms with Crippen molar-refractivity contribution in [2.45, 2.75) is 31.7 Å². The summed E-state index contributed by atoms with van der Waals surface area (Å²) in [5, 5.41) is 2.93. The highest BCUT2D eigenvalue weighted by Gasteiger charge is 2.27. The molecular weight excluding hydrogens is 424 g/mol. The van der Waals surface area contributed by atoms with E-state index in [2.05, 4.69) is 11.4 Å². The number of benzene rings is 3. The fourth-order valence-electron chi connectivity index (χ4n) is 3.59. The molecule has 1 amide bonds. The summed E-state index contributed by atoms with van der Waals surface area (Å²) in [5.41, 5.74) is 3.63. The van der Waals surface area contributed by atoms with Gasteiger partial charge in [0.05, 0.1) is 23.7 Å². The van der Waals surface area contributed by atoms with Gasteiger partial charge in [0.1, 0.15) is 12.3 Å². The third-order valence-corrected chi connectivity index (χ3v) is 7.04. The number of methoxy groups -OCH3 is 1. The zero-order valence-corrected chi connectivity index (χ0v) is 19.5. The van der Waals surface area contributed by atoms with Crippen LogP contribution in [0.15, 0.2) is 77.7 Å². The fourth-order valence-corrected chi connectivity index (χ4v) is 5.01. The Morgan fingerprint density at radius 3 is 2.25 bits per heavy atom. The number of anilines is 1. The standard InChI is InChI=1S/C25H28N2O4S/c1-18-10-15-24(19(2)16-18)20(3)26-25(28)17-27(21-8-6-5-7-9-21)32(29,30)23-13-11-22(31-4)12-14-23/h5-16,20H,17H2,1-4H3,(H,26,28). The molecule has 0 radical (unpaired) electrons. The van der Waals surface area contributed by atoms with Gasteiger partial charge in [0.25, 0.3) is 10.0 Å². The second-order valence-electron chi connectivity index (χ2n) is 7.67. The van der Waals surface area contributed by atoms with Gasteiger partial charge in [0, 0.05) is 0 Å². The first-order valence-electron chi connectivity index (χ1n) is 10.3. The van der Waals surface area contributed by atoms with Crippen LogP contribution in [0, 0.1) is 13.8 Å². The van der Waals surface area contributed by atoms with E-state index >= 15 is 0 Å². The van der Waals surface area contributed by atoms with E-state index in [9.17, 15) is 13.2 Å². The molecular formula is C25H28N2O4S. The van der Waals surface area contributed by atoms with Crippen LogP contribution >= 0.6 is 0 Å². The topological polar surface area (TPSA) is 75.7 Å². The van der Waals surface area contributed by atoms with Crippen molar-refractivity contribution in [2.24, 2.45) is 0 Å². The molecule has 6 nitrogen and oxygen atoms in total. The summed E-state index contributed by atoms with van der Waals surface area (Å²) >= 11 is 0. The first-order valence-corrected chi connectivity index (χ1v) is 11.7. The number of hydrogen-bond acceptors (Lipinski definition) is 4. The molecule has 1 unspecified atom stereocenters. The van der Waals surface area contributed by atoms with E-state index < -0.39 is 15.9 Å². The Morgan fingerprint density at radius 2 is 1.66 bits per heavy atom. The Morgan fingerprint density at radius 1 is 1.00 bits per heavy atom. The molecule has 7 heteroatoms. The van der Waals surface area contributed by atoms with Crippen LogP contribution in [0.2, 0.25) is 0 Å². The van der Waals surface area contributed by atoms with Gasteiger partial charge in [-0.15, -0.1) is 0 Å². The number of carbonyl (C=O) groups excluding carboxylic acids is 1. The Balaban J connectivity index is 1.87. The van der Waals surface area contributed by atoms with Crippen LogP contribution in [0.4, 0.5) is 5.69 Å². The van der Waals surface area contributed by atoms with Crippen LogP contribution in [0.3, 0.4) is 0 Å². The van der Waals surface area contributed by atoms with E-state index in [1.54, 1.807) is 42.5 Å². The van der Waals surface area contributed by atoms with E-state index in [-0.39, 0.29) is 17.5 Å². The van der Waals surface area contributed by atoms with Crippen molar-refractivity contribution in [3.8, 4) is 5.75 Å². The first kappa shape index (κ1) is 23.3. The molecule has 0 saturated heterocycles. The maximum atomic E-state index is 13.4. The van der Waals surface area contributed by atoms with Crippen molar-refractivity contribution >= 4 is 21.6 Å². The van der Waals surface area contributed by atoms with Crippen LogP contribution in [0.5, 0.6) is 5.75 Å². The fraction of sp³-hybridized carbons (Fsp3) is 0.240. The molecule has 0 spiro atoms. The number of ether oxygens (including phenoxy) is 1. The van der Waals surface area contributed by atoms with Crippen LogP contribution in [0.25, 0.3) is 0 Å². The van der Waals surface area contributed by atoms with Crippen molar-refractivity contribution < 1.29 is 17.9 Å². The minimum Gasteiger partial charge on any atom is -0.497 e. The summed E-state index contributed by atoms with van der Waals surface area (Å²) in [5.74, 6) is 0.161. The predicted molar refractivity (Wildman–Crippen MR) is 126 cm³/mol. The van der Waals surface area contributed by atoms with Gasteiger partial charge >= 0.3 is 0 Å². The largest absolute Gasteiger partial charge is 0.497 e. The molecule has 3 aromatic carbocycles. The SMILES string of the molecule is COc1ccc(S(=O)(=O)N(CC(=O)NC(C)c2ccc(C)cc2C)c2ccccc2)cc1. The van der Waals surface area contributed by atoms with Gasteiger partial charge in [-0.2, -0.15) is 0 Å². The van der Waals surface area contributed by atoms with Gasteiger partial charge in [0.2, 0.25) is 5.91 Å². The van der Waals surface area contributed by atoms with E-state index in [4.69, 9.17) is 4.74 Å². The zero-order valence-electron chi connectivity index (χ0n) is 18.7. The number of nitrogens with zero attached hydrogens (tertiary/aromatic N) is 1. The zero-order chi connectivity index (χ0) is 23.3.